The first-order valence-electron chi connectivity index (χ1n) is 5.61. The van der Waals surface area contributed by atoms with Crippen molar-refractivity contribution in [2.45, 2.75) is 39.2 Å². The molecule has 0 aliphatic heterocycles. The predicted octanol–water partition coefficient (Wildman–Crippen LogP) is 0.451. The Hall–Kier alpha value is -1.13. The van der Waals surface area contributed by atoms with Crippen molar-refractivity contribution in [3.05, 3.63) is 18.7 Å². The summed E-state index contributed by atoms with van der Waals surface area (Å²) >= 11 is 0. The van der Waals surface area contributed by atoms with Crippen molar-refractivity contribution in [3.63, 3.8) is 0 Å². The summed E-state index contributed by atoms with van der Waals surface area (Å²) in [6.07, 6.45) is 11.7. The van der Waals surface area contributed by atoms with Crippen LogP contribution in [-0.2, 0) is 13.6 Å². The van der Waals surface area contributed by atoms with Crippen LogP contribution in [0.15, 0.2) is 18.7 Å². The summed E-state index contributed by atoms with van der Waals surface area (Å²) in [5.74, 6) is 0. The molecule has 10 heteroatoms. The highest BCUT2D eigenvalue weighted by molar-refractivity contribution is 6.30. The second-order valence-corrected chi connectivity index (χ2v) is 3.72. The monoisotopic (exact) mass is 309 g/mol. The lowest BCUT2D eigenvalue weighted by molar-refractivity contribution is -0.671. The van der Waals surface area contributed by atoms with Gasteiger partial charge in [0.2, 0.25) is 6.33 Å². The van der Waals surface area contributed by atoms with Gasteiger partial charge in [-0.2, -0.15) is 0 Å². The maximum Gasteiger partial charge on any atom is 0.631 e. The number of rotatable bonds is 5. The molecular formula is C10H26BF4N2O3+. The number of aryl methyl sites for hydroxylation is 2. The van der Waals surface area contributed by atoms with Crippen LogP contribution in [0.1, 0.15) is 32.6 Å². The second kappa shape index (κ2) is 20.2. The lowest BCUT2D eigenvalue weighted by Gasteiger charge is -1.95. The van der Waals surface area contributed by atoms with Gasteiger partial charge < -0.3 is 15.1 Å². The molecule has 0 aliphatic carbocycles. The molecule has 0 saturated carbocycles. The normalized spacial score (nSPS) is 7.65. The topological polar surface area (TPSA) is 69.5 Å². The van der Waals surface area contributed by atoms with E-state index in [2.05, 4.69) is 41.8 Å². The maximum atomic E-state index is 7.17. The summed E-state index contributed by atoms with van der Waals surface area (Å²) in [4.78, 5) is 0. The summed E-state index contributed by atoms with van der Waals surface area (Å²) in [6, 6.07) is 0. The SMILES string of the molecule is CCCCCCn1cc[n+](C)c1.F.F.F.F.OB(O)O. The molecule has 3 N–H and O–H groups in total. The van der Waals surface area contributed by atoms with Crippen LogP contribution in [0.4, 0.5) is 18.8 Å². The van der Waals surface area contributed by atoms with Gasteiger partial charge in [-0.25, -0.2) is 9.13 Å². The van der Waals surface area contributed by atoms with Gasteiger partial charge in [0.15, 0.2) is 0 Å². The van der Waals surface area contributed by atoms with Crippen molar-refractivity contribution in [2.75, 3.05) is 0 Å². The largest absolute Gasteiger partial charge is 0.631 e. The van der Waals surface area contributed by atoms with Gasteiger partial charge in [-0.15, -0.1) is 0 Å². The molecule has 1 heterocycles. The molecule has 1 aromatic heterocycles. The van der Waals surface area contributed by atoms with Gasteiger partial charge in [0.1, 0.15) is 12.4 Å². The van der Waals surface area contributed by atoms with E-state index in [4.69, 9.17) is 15.1 Å². The van der Waals surface area contributed by atoms with Crippen LogP contribution in [0.5, 0.6) is 0 Å². The smallest absolute Gasteiger partial charge is 0.402 e. The van der Waals surface area contributed by atoms with Gasteiger partial charge in [0.25, 0.3) is 0 Å². The average molecular weight is 309 g/mol. The lowest BCUT2D eigenvalue weighted by atomic mass is 10.2. The number of hydrogen-bond acceptors (Lipinski definition) is 3. The van der Waals surface area contributed by atoms with Crippen molar-refractivity contribution >= 4 is 7.32 Å². The molecule has 0 aromatic carbocycles. The quantitative estimate of drug-likeness (QED) is 0.320. The average Bonchev–Trinajstić information content (AvgIpc) is 2.58. The molecule has 0 saturated heterocycles. The molecule has 5 nitrogen and oxygen atoms in total. The van der Waals surface area contributed by atoms with E-state index in [1.807, 2.05) is 0 Å². The second-order valence-electron chi connectivity index (χ2n) is 3.72. The molecule has 0 bridgehead atoms. The highest BCUT2D eigenvalue weighted by atomic mass is 19.0. The molecule has 0 unspecified atom stereocenters. The molecule has 0 spiro atoms. The Morgan fingerprint density at radius 3 is 1.85 bits per heavy atom. The predicted molar refractivity (Wildman–Crippen MR) is 72.2 cm³/mol. The van der Waals surface area contributed by atoms with Crippen molar-refractivity contribution in [3.8, 4) is 0 Å². The van der Waals surface area contributed by atoms with E-state index < -0.39 is 7.32 Å². The third-order valence-electron chi connectivity index (χ3n) is 2.09. The molecule has 0 radical (unpaired) electrons. The van der Waals surface area contributed by atoms with E-state index in [1.165, 1.54) is 32.2 Å². The van der Waals surface area contributed by atoms with Gasteiger partial charge in [0.05, 0.1) is 13.6 Å². The lowest BCUT2D eigenvalue weighted by Crippen LogP contribution is -2.23. The summed E-state index contributed by atoms with van der Waals surface area (Å²) in [5.41, 5.74) is 0. The highest BCUT2D eigenvalue weighted by Crippen LogP contribution is 2.00. The number of imidazole rings is 1. The molecule has 1 aromatic rings. The van der Waals surface area contributed by atoms with Gasteiger partial charge in [-0.1, -0.05) is 19.8 Å². The van der Waals surface area contributed by atoms with Crippen LogP contribution in [0.2, 0.25) is 0 Å². The van der Waals surface area contributed by atoms with E-state index in [1.54, 1.807) is 0 Å². The fourth-order valence-corrected chi connectivity index (χ4v) is 1.36. The first-order chi connectivity index (χ1) is 7.56. The number of nitrogens with zero attached hydrogens (tertiary/aromatic N) is 2. The van der Waals surface area contributed by atoms with Gasteiger partial charge in [-0.3, -0.25) is 18.8 Å². The van der Waals surface area contributed by atoms with E-state index in [0.29, 0.717) is 0 Å². The van der Waals surface area contributed by atoms with E-state index in [9.17, 15) is 0 Å². The minimum Gasteiger partial charge on any atom is -0.402 e. The molecule has 0 amide bonds. The first-order valence-corrected chi connectivity index (χ1v) is 5.61. The van der Waals surface area contributed by atoms with Crippen LogP contribution in [0.25, 0.3) is 0 Å². The van der Waals surface area contributed by atoms with Gasteiger partial charge in [-0.05, 0) is 12.8 Å². The number of halogens is 4. The van der Waals surface area contributed by atoms with Crippen molar-refractivity contribution in [1.82, 2.24) is 4.57 Å². The van der Waals surface area contributed by atoms with E-state index in [-0.39, 0.29) is 18.8 Å². The number of aromatic nitrogens is 2. The van der Waals surface area contributed by atoms with Crippen molar-refractivity contribution in [2.24, 2.45) is 7.05 Å². The maximum absolute atomic E-state index is 7.17. The molecule has 124 valence electrons. The molecule has 0 atom stereocenters. The third-order valence-corrected chi connectivity index (χ3v) is 2.09. The Morgan fingerprint density at radius 1 is 1.00 bits per heavy atom. The fraction of sp³-hybridized carbons (Fsp3) is 0.700. The Bertz CT molecular complexity index is 278. The van der Waals surface area contributed by atoms with Crippen molar-refractivity contribution < 1.29 is 38.5 Å². The van der Waals surface area contributed by atoms with E-state index >= 15 is 0 Å². The van der Waals surface area contributed by atoms with E-state index in [0.717, 1.165) is 0 Å². The van der Waals surface area contributed by atoms with Crippen LogP contribution >= 0.6 is 0 Å². The first kappa shape index (κ1) is 31.3. The van der Waals surface area contributed by atoms with Crippen LogP contribution in [0.3, 0.4) is 0 Å². The zero-order valence-electron chi connectivity index (χ0n) is 11.7. The molecule has 1 rings (SSSR count). The van der Waals surface area contributed by atoms with Crippen LogP contribution in [-0.4, -0.2) is 27.0 Å². The van der Waals surface area contributed by atoms with Gasteiger partial charge >= 0.3 is 7.32 Å². The van der Waals surface area contributed by atoms with Crippen molar-refractivity contribution in [1.29, 1.82) is 0 Å². The molecule has 0 aliphatic rings. The summed E-state index contributed by atoms with van der Waals surface area (Å²) in [5, 5.41) is 21.5. The van der Waals surface area contributed by atoms with Crippen LogP contribution in [0, 0.1) is 0 Å². The third kappa shape index (κ3) is 22.1. The standard InChI is InChI=1S/C10H19N2.BH3O3.4FH/c1-3-4-5-6-7-12-9-8-11(2)10-12;2-1(3)4;;;;/h8-10H,3-7H2,1-2H3;2-4H;4*1H/q+1;;;;;. The summed E-state index contributed by atoms with van der Waals surface area (Å²) in [6.45, 7) is 3.41. The number of unbranched alkanes of at least 4 members (excludes halogenated alkanes) is 3. The Balaban J connectivity index is -0.0000000844. The molecular weight excluding hydrogens is 283 g/mol. The molecule has 20 heavy (non-hydrogen) atoms. The summed E-state index contributed by atoms with van der Waals surface area (Å²) < 4.78 is 4.33. The Kier molecular flexibility index (Phi) is 31.6. The minimum atomic E-state index is -2.17. The Labute approximate surface area is 116 Å². The Morgan fingerprint density at radius 2 is 1.50 bits per heavy atom. The fourth-order valence-electron chi connectivity index (χ4n) is 1.36. The summed E-state index contributed by atoms with van der Waals surface area (Å²) in [7, 11) is -0.109. The van der Waals surface area contributed by atoms with Gasteiger partial charge in [0, 0.05) is 0 Å². The molecule has 0 fully saturated rings. The zero-order chi connectivity index (χ0) is 12.4. The minimum absolute atomic E-state index is 0. The van der Waals surface area contributed by atoms with Crippen LogP contribution < -0.4 is 4.57 Å². The number of hydrogen-bond donors (Lipinski definition) is 3. The highest BCUT2D eigenvalue weighted by Gasteiger charge is 1.98. The zero-order valence-corrected chi connectivity index (χ0v) is 11.7.